The molecule has 0 saturated carbocycles. The van der Waals surface area contributed by atoms with E-state index in [0.717, 1.165) is 59.5 Å². The maximum atomic E-state index is 13.1. The highest BCUT2D eigenvalue weighted by Crippen LogP contribution is 2.40. The van der Waals surface area contributed by atoms with Crippen LogP contribution in [0, 0.1) is 17.3 Å². The third kappa shape index (κ3) is 4.11. The van der Waals surface area contributed by atoms with Gasteiger partial charge in [0.1, 0.15) is 5.69 Å². The zero-order valence-corrected chi connectivity index (χ0v) is 19.9. The Morgan fingerprint density at radius 1 is 0.943 bits per heavy atom. The van der Waals surface area contributed by atoms with E-state index in [1.807, 2.05) is 59.5 Å². The smallest absolute Gasteiger partial charge is 0.253 e. The van der Waals surface area contributed by atoms with Crippen LogP contribution in [0.2, 0.25) is 0 Å². The number of carbonyl (C=O) groups excluding carboxylic acids is 1. The van der Waals surface area contributed by atoms with Crippen molar-refractivity contribution >= 4 is 16.8 Å². The summed E-state index contributed by atoms with van der Waals surface area (Å²) in [5.74, 6) is 6.68. The summed E-state index contributed by atoms with van der Waals surface area (Å²) in [7, 11) is 2.17. The average molecular weight is 461 g/mol. The van der Waals surface area contributed by atoms with Crippen LogP contribution < -0.4 is 0 Å². The van der Waals surface area contributed by atoms with Crippen molar-refractivity contribution in [2.75, 3.05) is 33.2 Å². The molecule has 174 valence electrons. The van der Waals surface area contributed by atoms with Gasteiger partial charge in [0.15, 0.2) is 0 Å². The zero-order chi connectivity index (χ0) is 23.8. The molecule has 2 aliphatic heterocycles. The van der Waals surface area contributed by atoms with Crippen LogP contribution in [0.5, 0.6) is 0 Å². The summed E-state index contributed by atoms with van der Waals surface area (Å²) in [5.41, 5.74) is 5.77. The minimum Gasteiger partial charge on any atom is -0.337 e. The van der Waals surface area contributed by atoms with E-state index in [1.54, 1.807) is 0 Å². The lowest BCUT2D eigenvalue weighted by Gasteiger charge is -2.53. The molecule has 4 aromatic rings. The Balaban J connectivity index is 1.21. The predicted molar refractivity (Wildman–Crippen MR) is 139 cm³/mol. The standard InChI is InChI=1S/C30H28N4O/c1-33-17-15-30(16-18-33)20-34(21-30)29(35)24-11-13-26-27(31-32-28(26)19-24)14-12-23-9-5-6-10-25(23)22-7-3-2-4-8-22/h2-11,13,19H,15-18,20-21H2,1H3,(H,31,32). The largest absolute Gasteiger partial charge is 0.337 e. The average Bonchev–Trinajstić information content (AvgIpc) is 3.29. The van der Waals surface area contributed by atoms with Gasteiger partial charge in [0.2, 0.25) is 0 Å². The molecule has 1 spiro atoms. The van der Waals surface area contributed by atoms with Crippen LogP contribution in [0.1, 0.15) is 34.5 Å². The van der Waals surface area contributed by atoms with Crippen molar-refractivity contribution in [1.82, 2.24) is 20.0 Å². The van der Waals surface area contributed by atoms with Crippen molar-refractivity contribution in [1.29, 1.82) is 0 Å². The molecule has 0 bridgehead atoms. The zero-order valence-electron chi connectivity index (χ0n) is 19.9. The fourth-order valence-electron chi connectivity index (χ4n) is 5.33. The summed E-state index contributed by atoms with van der Waals surface area (Å²) in [5, 5.41) is 8.44. The lowest BCUT2D eigenvalue weighted by molar-refractivity contribution is -0.0283. The van der Waals surface area contributed by atoms with Crippen LogP contribution >= 0.6 is 0 Å². The van der Waals surface area contributed by atoms with E-state index < -0.39 is 0 Å². The maximum Gasteiger partial charge on any atom is 0.253 e. The Morgan fingerprint density at radius 2 is 1.69 bits per heavy atom. The minimum absolute atomic E-state index is 0.101. The number of benzene rings is 3. The number of aromatic amines is 1. The molecule has 0 unspecified atom stereocenters. The van der Waals surface area contributed by atoms with Gasteiger partial charge in [-0.05, 0) is 74.3 Å². The van der Waals surface area contributed by atoms with Crippen molar-refractivity contribution in [3.8, 4) is 23.0 Å². The molecular weight excluding hydrogens is 432 g/mol. The number of hydrogen-bond acceptors (Lipinski definition) is 3. The lowest BCUT2D eigenvalue weighted by Crippen LogP contribution is -2.61. The van der Waals surface area contributed by atoms with Gasteiger partial charge in [-0.25, -0.2) is 0 Å². The van der Waals surface area contributed by atoms with Gasteiger partial charge in [-0.3, -0.25) is 9.89 Å². The van der Waals surface area contributed by atoms with Gasteiger partial charge in [0, 0.05) is 35.0 Å². The van der Waals surface area contributed by atoms with E-state index in [-0.39, 0.29) is 5.91 Å². The number of piperidine rings is 1. The number of amides is 1. The number of hydrogen-bond donors (Lipinski definition) is 1. The number of nitrogens with one attached hydrogen (secondary N) is 1. The van der Waals surface area contributed by atoms with Crippen molar-refractivity contribution < 1.29 is 4.79 Å². The summed E-state index contributed by atoms with van der Waals surface area (Å²) in [4.78, 5) is 17.5. The first kappa shape index (κ1) is 21.6. The number of nitrogens with zero attached hydrogens (tertiary/aromatic N) is 3. The number of carbonyl (C=O) groups is 1. The molecule has 35 heavy (non-hydrogen) atoms. The van der Waals surface area contributed by atoms with Crippen LogP contribution in [0.4, 0.5) is 0 Å². The molecule has 6 rings (SSSR count). The van der Waals surface area contributed by atoms with Crippen LogP contribution in [0.3, 0.4) is 0 Å². The normalized spacial score (nSPS) is 17.1. The van der Waals surface area contributed by atoms with Crippen LogP contribution in [-0.4, -0.2) is 59.1 Å². The van der Waals surface area contributed by atoms with Crippen molar-refractivity contribution in [3.63, 3.8) is 0 Å². The number of likely N-dealkylation sites (tertiary alicyclic amines) is 2. The minimum atomic E-state index is 0.101. The Labute approximate surface area is 205 Å². The molecule has 0 atom stereocenters. The van der Waals surface area contributed by atoms with Gasteiger partial charge < -0.3 is 9.80 Å². The number of H-pyrrole nitrogens is 1. The number of rotatable bonds is 2. The topological polar surface area (TPSA) is 52.2 Å². The molecule has 2 saturated heterocycles. The quantitative estimate of drug-likeness (QED) is 0.438. The van der Waals surface area contributed by atoms with Crippen LogP contribution in [0.25, 0.3) is 22.0 Å². The Bertz CT molecular complexity index is 1440. The van der Waals surface area contributed by atoms with E-state index in [0.29, 0.717) is 11.0 Å². The second-order valence-corrected chi connectivity index (χ2v) is 9.96. The molecule has 5 nitrogen and oxygen atoms in total. The van der Waals surface area contributed by atoms with Crippen molar-refractivity contribution in [2.24, 2.45) is 5.41 Å². The molecule has 1 amide bonds. The Hall–Kier alpha value is -3.88. The third-order valence-corrected chi connectivity index (χ3v) is 7.52. The third-order valence-electron chi connectivity index (χ3n) is 7.52. The molecule has 1 aromatic heterocycles. The predicted octanol–water partition coefficient (Wildman–Crippen LogP) is 4.80. The first-order valence-corrected chi connectivity index (χ1v) is 12.2. The van der Waals surface area contributed by atoms with Crippen molar-refractivity contribution in [3.05, 3.63) is 89.6 Å². The fourth-order valence-corrected chi connectivity index (χ4v) is 5.33. The van der Waals surface area contributed by atoms with E-state index in [1.165, 1.54) is 12.8 Å². The summed E-state index contributed by atoms with van der Waals surface area (Å²) in [6.07, 6.45) is 2.36. The molecule has 3 aromatic carbocycles. The van der Waals surface area contributed by atoms with Gasteiger partial charge in [-0.1, -0.05) is 54.5 Å². The van der Waals surface area contributed by atoms with Gasteiger partial charge >= 0.3 is 0 Å². The molecule has 3 heterocycles. The summed E-state index contributed by atoms with van der Waals surface area (Å²) in [6, 6.07) is 24.2. The lowest BCUT2D eigenvalue weighted by atomic mass is 9.72. The fraction of sp³-hybridized carbons (Fsp3) is 0.267. The van der Waals surface area contributed by atoms with Gasteiger partial charge in [-0.15, -0.1) is 0 Å². The van der Waals surface area contributed by atoms with E-state index in [4.69, 9.17) is 0 Å². The van der Waals surface area contributed by atoms with Gasteiger partial charge in [0.25, 0.3) is 5.91 Å². The summed E-state index contributed by atoms with van der Waals surface area (Å²) >= 11 is 0. The number of aromatic nitrogens is 2. The summed E-state index contributed by atoms with van der Waals surface area (Å²) in [6.45, 7) is 3.99. The monoisotopic (exact) mass is 460 g/mol. The molecular formula is C30H28N4O. The van der Waals surface area contributed by atoms with Crippen LogP contribution in [-0.2, 0) is 0 Å². The second kappa shape index (κ2) is 8.72. The maximum absolute atomic E-state index is 13.1. The summed E-state index contributed by atoms with van der Waals surface area (Å²) < 4.78 is 0. The molecule has 0 radical (unpaired) electrons. The molecule has 1 N–H and O–H groups in total. The molecule has 0 aliphatic carbocycles. The molecule has 5 heteroatoms. The van der Waals surface area contributed by atoms with Gasteiger partial charge in [-0.2, -0.15) is 5.10 Å². The highest BCUT2D eigenvalue weighted by atomic mass is 16.2. The van der Waals surface area contributed by atoms with E-state index in [2.05, 4.69) is 52.2 Å². The van der Waals surface area contributed by atoms with E-state index >= 15 is 0 Å². The molecule has 2 aliphatic rings. The first-order valence-electron chi connectivity index (χ1n) is 12.2. The van der Waals surface area contributed by atoms with E-state index in [9.17, 15) is 4.79 Å². The van der Waals surface area contributed by atoms with Crippen LogP contribution in [0.15, 0.2) is 72.8 Å². The van der Waals surface area contributed by atoms with Gasteiger partial charge in [0.05, 0.1) is 5.52 Å². The number of fused-ring (bicyclic) bond motifs is 1. The SMILES string of the molecule is CN1CCC2(CC1)CN(C(=O)c1ccc3c(C#Cc4ccccc4-c4ccccc4)[nH]nc3c1)C2. The highest BCUT2D eigenvalue weighted by Gasteiger charge is 2.46. The second-order valence-electron chi connectivity index (χ2n) is 9.96. The highest BCUT2D eigenvalue weighted by molar-refractivity contribution is 5.99. The molecule has 2 fully saturated rings. The Morgan fingerprint density at radius 3 is 2.49 bits per heavy atom. The van der Waals surface area contributed by atoms with Crippen molar-refractivity contribution in [2.45, 2.75) is 12.8 Å². The Kier molecular flexibility index (Phi) is 5.39. The first-order chi connectivity index (χ1) is 17.1.